The fourth-order valence-electron chi connectivity index (χ4n) is 2.33. The minimum absolute atomic E-state index is 0.0159. The first kappa shape index (κ1) is 16.1. The lowest BCUT2D eigenvalue weighted by Crippen LogP contribution is -2.14. The van der Waals surface area contributed by atoms with Crippen molar-refractivity contribution in [1.82, 2.24) is 0 Å². The molecule has 0 amide bonds. The van der Waals surface area contributed by atoms with Crippen LogP contribution in [-0.2, 0) is 9.84 Å². The van der Waals surface area contributed by atoms with Crippen molar-refractivity contribution in [1.29, 1.82) is 0 Å². The summed E-state index contributed by atoms with van der Waals surface area (Å²) in [6, 6.07) is 12.0. The molecule has 24 heavy (non-hydrogen) atoms. The average Bonchev–Trinajstić information content (AvgIpc) is 2.60. The number of benzene rings is 2. The number of fused-ring (bicyclic) bond motifs is 1. The van der Waals surface area contributed by atoms with Gasteiger partial charge in [0.1, 0.15) is 5.75 Å². The molecule has 0 saturated carbocycles. The molecule has 2 aromatic carbocycles. The van der Waals surface area contributed by atoms with E-state index in [1.807, 2.05) is 0 Å². The maximum atomic E-state index is 12.7. The molecule has 0 aliphatic carbocycles. The van der Waals surface area contributed by atoms with Gasteiger partial charge in [-0.25, -0.2) is 13.2 Å². The highest BCUT2D eigenvalue weighted by Gasteiger charge is 2.24. The lowest BCUT2D eigenvalue weighted by Gasteiger charge is -2.07. The van der Waals surface area contributed by atoms with E-state index in [0.29, 0.717) is 16.9 Å². The minimum atomic E-state index is -4.01. The fourth-order valence-corrected chi connectivity index (χ4v) is 3.62. The quantitative estimate of drug-likeness (QED) is 0.676. The Morgan fingerprint density at radius 2 is 1.67 bits per heavy atom. The minimum Gasteiger partial charge on any atom is -0.497 e. The van der Waals surface area contributed by atoms with E-state index >= 15 is 0 Å². The summed E-state index contributed by atoms with van der Waals surface area (Å²) in [6.07, 6.45) is 0. The van der Waals surface area contributed by atoms with Gasteiger partial charge < -0.3 is 13.9 Å². The Balaban J connectivity index is 2.20. The zero-order valence-corrected chi connectivity index (χ0v) is 13.8. The average molecular weight is 346 g/mol. The van der Waals surface area contributed by atoms with Gasteiger partial charge in [0.05, 0.1) is 19.1 Å². The Labute approximate surface area is 138 Å². The van der Waals surface area contributed by atoms with Crippen molar-refractivity contribution in [2.24, 2.45) is 0 Å². The summed E-state index contributed by atoms with van der Waals surface area (Å²) in [5.41, 5.74) is -0.735. The van der Waals surface area contributed by atoms with Crippen molar-refractivity contribution in [3.63, 3.8) is 0 Å². The van der Waals surface area contributed by atoms with Gasteiger partial charge in [0.2, 0.25) is 9.84 Å². The lowest BCUT2D eigenvalue weighted by molar-refractivity contribution is 0.405. The van der Waals surface area contributed by atoms with Crippen LogP contribution in [0.3, 0.4) is 0 Å². The Kier molecular flexibility index (Phi) is 4.02. The maximum Gasteiger partial charge on any atom is 0.355 e. The van der Waals surface area contributed by atoms with E-state index in [2.05, 4.69) is 0 Å². The molecule has 1 aromatic heterocycles. The third-order valence-electron chi connectivity index (χ3n) is 3.57. The largest absolute Gasteiger partial charge is 0.497 e. The molecule has 0 bridgehead atoms. The molecular formula is C17H14O6S. The Bertz CT molecular complexity index is 1050. The molecule has 3 aromatic rings. The number of hydrogen-bond donors (Lipinski definition) is 0. The molecule has 0 aliphatic heterocycles. The molecule has 6 nitrogen and oxygen atoms in total. The lowest BCUT2D eigenvalue weighted by atomic mass is 10.2. The summed E-state index contributed by atoms with van der Waals surface area (Å²) in [5.74, 6) is 0.877. The van der Waals surface area contributed by atoms with Crippen LogP contribution in [0.15, 0.2) is 67.5 Å². The van der Waals surface area contributed by atoms with Crippen molar-refractivity contribution >= 4 is 20.8 Å². The van der Waals surface area contributed by atoms with Gasteiger partial charge in [-0.2, -0.15) is 0 Å². The second-order valence-corrected chi connectivity index (χ2v) is 6.87. The SMILES string of the molecule is COc1ccc(S(=O)(=O)c2cc3cccc(OC)c3oc2=O)cc1. The van der Waals surface area contributed by atoms with Crippen molar-refractivity contribution in [2.75, 3.05) is 14.2 Å². The van der Waals surface area contributed by atoms with Crippen LogP contribution in [0.1, 0.15) is 0 Å². The van der Waals surface area contributed by atoms with Crippen LogP contribution in [0.4, 0.5) is 0 Å². The summed E-state index contributed by atoms with van der Waals surface area (Å²) < 4.78 is 40.8. The molecule has 7 heteroatoms. The Morgan fingerprint density at radius 3 is 2.29 bits per heavy atom. The standard InChI is InChI=1S/C17H14O6S/c1-21-12-6-8-13(9-7-12)24(19,20)15-10-11-4-3-5-14(22-2)16(11)23-17(15)18/h3-10H,1-2H3. The van der Waals surface area contributed by atoms with Gasteiger partial charge >= 0.3 is 5.63 Å². The molecule has 124 valence electrons. The van der Waals surface area contributed by atoms with E-state index in [4.69, 9.17) is 13.9 Å². The summed E-state index contributed by atoms with van der Waals surface area (Å²) in [5, 5.41) is 0.459. The topological polar surface area (TPSA) is 82.8 Å². The van der Waals surface area contributed by atoms with Gasteiger partial charge in [-0.3, -0.25) is 0 Å². The van der Waals surface area contributed by atoms with Gasteiger partial charge in [0.15, 0.2) is 16.2 Å². The van der Waals surface area contributed by atoms with Crippen LogP contribution in [0.5, 0.6) is 11.5 Å². The van der Waals surface area contributed by atoms with Crippen molar-refractivity contribution in [3.8, 4) is 11.5 Å². The van der Waals surface area contributed by atoms with Crippen LogP contribution < -0.4 is 15.1 Å². The second kappa shape index (κ2) is 6.01. The van der Waals surface area contributed by atoms with Gasteiger partial charge in [0, 0.05) is 5.39 Å². The predicted molar refractivity (Wildman–Crippen MR) is 87.5 cm³/mol. The van der Waals surface area contributed by atoms with E-state index < -0.39 is 20.4 Å². The van der Waals surface area contributed by atoms with Crippen LogP contribution in [0.2, 0.25) is 0 Å². The Morgan fingerprint density at radius 1 is 0.958 bits per heavy atom. The highest BCUT2D eigenvalue weighted by molar-refractivity contribution is 7.91. The smallest absolute Gasteiger partial charge is 0.355 e. The molecule has 0 fully saturated rings. The number of methoxy groups -OCH3 is 2. The monoisotopic (exact) mass is 346 g/mol. The third-order valence-corrected chi connectivity index (χ3v) is 5.33. The molecule has 1 heterocycles. The molecule has 0 saturated heterocycles. The zero-order chi connectivity index (χ0) is 17.3. The molecule has 0 radical (unpaired) electrons. The molecule has 0 spiro atoms. The number of hydrogen-bond acceptors (Lipinski definition) is 6. The van der Waals surface area contributed by atoms with Gasteiger partial charge in [-0.1, -0.05) is 12.1 Å². The van der Waals surface area contributed by atoms with Crippen molar-refractivity contribution in [2.45, 2.75) is 9.79 Å². The molecule has 0 aliphatic rings. The third kappa shape index (κ3) is 2.63. The molecule has 0 unspecified atom stereocenters. The van der Waals surface area contributed by atoms with E-state index in [-0.39, 0.29) is 10.5 Å². The van der Waals surface area contributed by atoms with Crippen molar-refractivity contribution < 1.29 is 22.3 Å². The van der Waals surface area contributed by atoms with Gasteiger partial charge in [-0.15, -0.1) is 0 Å². The molecule has 0 atom stereocenters. The van der Waals surface area contributed by atoms with Crippen LogP contribution in [0, 0.1) is 0 Å². The summed E-state index contributed by atoms with van der Waals surface area (Å²) >= 11 is 0. The highest BCUT2D eigenvalue weighted by Crippen LogP contribution is 2.28. The normalized spacial score (nSPS) is 11.4. The van der Waals surface area contributed by atoms with E-state index in [1.165, 1.54) is 44.6 Å². The molecule has 3 rings (SSSR count). The van der Waals surface area contributed by atoms with Crippen LogP contribution in [0.25, 0.3) is 11.0 Å². The first-order valence-electron chi connectivity index (χ1n) is 6.97. The Hall–Kier alpha value is -2.80. The van der Waals surface area contributed by atoms with E-state index in [0.717, 1.165) is 0 Å². The number of para-hydroxylation sites is 1. The molecule has 0 N–H and O–H groups in total. The van der Waals surface area contributed by atoms with Crippen molar-refractivity contribution in [3.05, 3.63) is 59.0 Å². The summed E-state index contributed by atoms with van der Waals surface area (Å²) in [7, 11) is -1.09. The highest BCUT2D eigenvalue weighted by atomic mass is 32.2. The summed E-state index contributed by atoms with van der Waals surface area (Å²) in [6.45, 7) is 0. The number of sulfone groups is 1. The van der Waals surface area contributed by atoms with Gasteiger partial charge in [-0.05, 0) is 36.4 Å². The van der Waals surface area contributed by atoms with E-state index in [1.54, 1.807) is 18.2 Å². The number of rotatable bonds is 4. The first-order valence-corrected chi connectivity index (χ1v) is 8.45. The fraction of sp³-hybridized carbons (Fsp3) is 0.118. The van der Waals surface area contributed by atoms with Crippen LogP contribution in [-0.4, -0.2) is 22.6 Å². The maximum absolute atomic E-state index is 12.7. The second-order valence-electron chi connectivity index (χ2n) is 4.96. The summed E-state index contributed by atoms with van der Waals surface area (Å²) in [4.78, 5) is 11.8. The first-order chi connectivity index (χ1) is 11.5. The number of ether oxygens (including phenoxy) is 2. The van der Waals surface area contributed by atoms with E-state index in [9.17, 15) is 13.2 Å². The zero-order valence-electron chi connectivity index (χ0n) is 13.0. The van der Waals surface area contributed by atoms with Crippen LogP contribution >= 0.6 is 0 Å². The molecular weight excluding hydrogens is 332 g/mol. The van der Waals surface area contributed by atoms with Gasteiger partial charge in [0.25, 0.3) is 0 Å². The predicted octanol–water partition coefficient (Wildman–Crippen LogP) is 2.64.